The number of hydrogen-bond donors (Lipinski definition) is 0. The molecule has 4 aromatic heterocycles. The van der Waals surface area contributed by atoms with Gasteiger partial charge in [-0.25, -0.2) is 9.67 Å². The molecule has 0 atom stereocenters. The molecule has 1 saturated heterocycles. The van der Waals surface area contributed by atoms with Crippen LogP contribution in [0.1, 0.15) is 43.3 Å². The smallest absolute Gasteiger partial charge is 0.254 e. The number of ether oxygens (including phenoxy) is 1. The van der Waals surface area contributed by atoms with Crippen LogP contribution in [-0.2, 0) is 4.74 Å². The van der Waals surface area contributed by atoms with E-state index in [1.807, 2.05) is 35.4 Å². The first-order valence-corrected chi connectivity index (χ1v) is 11.4. The molecule has 0 unspecified atom stereocenters. The molecule has 5 heterocycles. The van der Waals surface area contributed by atoms with Crippen LogP contribution in [-0.4, -0.2) is 60.6 Å². The summed E-state index contributed by atoms with van der Waals surface area (Å²) in [6.45, 7) is 2.96. The SMILES string of the molecule is c1cc(-c2nc3c(N4CCOCC4)nc(-n4ccc(C5CC5)n4)nc3n2C2CC2)ccn1. The molecular weight excluding hydrogens is 404 g/mol. The molecule has 9 nitrogen and oxygen atoms in total. The van der Waals surface area contributed by atoms with Crippen LogP contribution in [0.5, 0.6) is 0 Å². The maximum Gasteiger partial charge on any atom is 0.254 e. The summed E-state index contributed by atoms with van der Waals surface area (Å²) in [5.74, 6) is 3.00. The number of anilines is 1. The van der Waals surface area contributed by atoms with Gasteiger partial charge in [-0.05, 0) is 43.9 Å². The molecule has 0 spiro atoms. The number of pyridine rings is 1. The molecule has 2 saturated carbocycles. The normalized spacial score (nSPS) is 19.1. The molecule has 0 N–H and O–H groups in total. The molecule has 0 aromatic carbocycles. The second-order valence-corrected chi connectivity index (χ2v) is 8.85. The molecule has 162 valence electrons. The Bertz CT molecular complexity index is 1280. The minimum Gasteiger partial charge on any atom is -0.378 e. The van der Waals surface area contributed by atoms with E-state index >= 15 is 0 Å². The molecule has 32 heavy (non-hydrogen) atoms. The molecule has 9 heteroatoms. The van der Waals surface area contributed by atoms with Crippen LogP contribution in [0.3, 0.4) is 0 Å². The lowest BCUT2D eigenvalue weighted by molar-refractivity contribution is 0.122. The standard InChI is InChI=1S/C23H24N8O/c1-2-15(1)18-7-10-30(28-18)23-26-21(29-11-13-32-14-12-29)19-22(27-23)31(17-3-4-17)20(25-19)16-5-8-24-9-6-16/h5-10,15,17H,1-4,11-14H2. The van der Waals surface area contributed by atoms with Gasteiger partial charge in [0.25, 0.3) is 5.95 Å². The van der Waals surface area contributed by atoms with Gasteiger partial charge in [0.05, 0.1) is 18.9 Å². The predicted molar refractivity (Wildman–Crippen MR) is 119 cm³/mol. The van der Waals surface area contributed by atoms with Crippen molar-refractivity contribution in [2.75, 3.05) is 31.2 Å². The van der Waals surface area contributed by atoms with Gasteiger partial charge in [-0.3, -0.25) is 4.98 Å². The molecule has 4 aromatic rings. The third kappa shape index (κ3) is 3.07. The van der Waals surface area contributed by atoms with Crippen LogP contribution in [0.25, 0.3) is 28.5 Å². The largest absolute Gasteiger partial charge is 0.378 e. The lowest BCUT2D eigenvalue weighted by Gasteiger charge is -2.28. The molecule has 0 radical (unpaired) electrons. The number of fused-ring (bicyclic) bond motifs is 1. The van der Waals surface area contributed by atoms with Crippen molar-refractivity contribution in [3.8, 4) is 17.3 Å². The summed E-state index contributed by atoms with van der Waals surface area (Å²) in [5, 5.41) is 4.80. The minimum absolute atomic E-state index is 0.420. The Hall–Kier alpha value is -3.33. The topological polar surface area (TPSA) is 86.8 Å². The first-order valence-electron chi connectivity index (χ1n) is 11.4. The van der Waals surface area contributed by atoms with Gasteiger partial charge in [-0.2, -0.15) is 15.1 Å². The third-order valence-electron chi connectivity index (χ3n) is 6.48. The fourth-order valence-corrected chi connectivity index (χ4v) is 4.48. The Morgan fingerprint density at radius 3 is 2.47 bits per heavy atom. The summed E-state index contributed by atoms with van der Waals surface area (Å²) in [4.78, 5) is 21.5. The third-order valence-corrected chi connectivity index (χ3v) is 6.48. The lowest BCUT2D eigenvalue weighted by atomic mass is 10.2. The monoisotopic (exact) mass is 428 g/mol. The maximum atomic E-state index is 5.60. The number of rotatable bonds is 5. The van der Waals surface area contributed by atoms with Crippen molar-refractivity contribution in [2.45, 2.75) is 37.6 Å². The van der Waals surface area contributed by atoms with E-state index in [1.54, 1.807) is 0 Å². The summed E-state index contributed by atoms with van der Waals surface area (Å²) in [6.07, 6.45) is 10.3. The van der Waals surface area contributed by atoms with Crippen LogP contribution in [0.15, 0.2) is 36.8 Å². The number of aromatic nitrogens is 7. The van der Waals surface area contributed by atoms with Crippen LogP contribution in [0.2, 0.25) is 0 Å². The van der Waals surface area contributed by atoms with Crippen LogP contribution < -0.4 is 4.90 Å². The zero-order valence-electron chi connectivity index (χ0n) is 17.8. The molecule has 0 amide bonds. The highest BCUT2D eigenvalue weighted by Crippen LogP contribution is 2.42. The molecular formula is C23H24N8O. The second-order valence-electron chi connectivity index (χ2n) is 8.85. The van der Waals surface area contributed by atoms with Gasteiger partial charge in [-0.1, -0.05) is 0 Å². The highest BCUT2D eigenvalue weighted by molar-refractivity contribution is 5.88. The van der Waals surface area contributed by atoms with E-state index < -0.39 is 0 Å². The first-order chi connectivity index (χ1) is 15.8. The quantitative estimate of drug-likeness (QED) is 0.483. The van der Waals surface area contributed by atoms with Crippen LogP contribution in [0.4, 0.5) is 5.82 Å². The zero-order chi connectivity index (χ0) is 21.1. The van der Waals surface area contributed by atoms with E-state index in [1.165, 1.54) is 12.8 Å². The average molecular weight is 429 g/mol. The van der Waals surface area contributed by atoms with Gasteiger partial charge >= 0.3 is 0 Å². The minimum atomic E-state index is 0.420. The van der Waals surface area contributed by atoms with Crippen molar-refractivity contribution in [3.05, 3.63) is 42.5 Å². The predicted octanol–water partition coefficient (Wildman–Crippen LogP) is 3.12. The van der Waals surface area contributed by atoms with Gasteiger partial charge in [-0.15, -0.1) is 0 Å². The Balaban J connectivity index is 1.45. The number of nitrogens with zero attached hydrogens (tertiary/aromatic N) is 8. The molecule has 2 aliphatic carbocycles. The van der Waals surface area contributed by atoms with Crippen molar-refractivity contribution in [2.24, 2.45) is 0 Å². The summed E-state index contributed by atoms with van der Waals surface area (Å²) in [7, 11) is 0. The van der Waals surface area contributed by atoms with E-state index in [-0.39, 0.29) is 0 Å². The maximum absolute atomic E-state index is 5.60. The van der Waals surface area contributed by atoms with Crippen LogP contribution in [0, 0.1) is 0 Å². The summed E-state index contributed by atoms with van der Waals surface area (Å²) < 4.78 is 9.72. The fraction of sp³-hybridized carbons (Fsp3) is 0.435. The number of hydrogen-bond acceptors (Lipinski definition) is 7. The summed E-state index contributed by atoms with van der Waals surface area (Å²) in [6, 6.07) is 6.54. The van der Waals surface area contributed by atoms with Gasteiger partial charge in [0.1, 0.15) is 5.82 Å². The fourth-order valence-electron chi connectivity index (χ4n) is 4.48. The Morgan fingerprint density at radius 1 is 0.906 bits per heavy atom. The zero-order valence-corrected chi connectivity index (χ0v) is 17.8. The van der Waals surface area contributed by atoms with Gasteiger partial charge in [0.2, 0.25) is 0 Å². The van der Waals surface area contributed by atoms with Crippen LogP contribution >= 0.6 is 0 Å². The Kier molecular flexibility index (Phi) is 4.05. The average Bonchev–Trinajstić information content (AvgIpc) is 3.79. The van der Waals surface area contributed by atoms with E-state index in [0.717, 1.165) is 60.0 Å². The van der Waals surface area contributed by atoms with E-state index in [4.69, 9.17) is 24.8 Å². The highest BCUT2D eigenvalue weighted by Gasteiger charge is 2.32. The summed E-state index contributed by atoms with van der Waals surface area (Å²) in [5.41, 5.74) is 3.92. The van der Waals surface area contributed by atoms with Crippen molar-refractivity contribution in [1.82, 2.24) is 34.3 Å². The molecule has 1 aliphatic heterocycles. The van der Waals surface area contributed by atoms with E-state index in [2.05, 4.69) is 20.5 Å². The van der Waals surface area contributed by atoms with E-state index in [9.17, 15) is 0 Å². The van der Waals surface area contributed by atoms with Crippen molar-refractivity contribution in [3.63, 3.8) is 0 Å². The van der Waals surface area contributed by atoms with Crippen molar-refractivity contribution < 1.29 is 4.74 Å². The molecule has 3 aliphatic rings. The number of imidazole rings is 1. The van der Waals surface area contributed by atoms with Gasteiger partial charge < -0.3 is 14.2 Å². The van der Waals surface area contributed by atoms with Crippen molar-refractivity contribution in [1.29, 1.82) is 0 Å². The Labute approximate surface area is 185 Å². The lowest BCUT2D eigenvalue weighted by Crippen LogP contribution is -2.37. The van der Waals surface area contributed by atoms with E-state index in [0.29, 0.717) is 31.1 Å². The first kappa shape index (κ1) is 18.3. The van der Waals surface area contributed by atoms with Gasteiger partial charge in [0, 0.05) is 49.2 Å². The second kappa shape index (κ2) is 7.09. The molecule has 7 rings (SSSR count). The number of morpholine rings is 1. The Morgan fingerprint density at radius 2 is 1.72 bits per heavy atom. The molecule has 0 bridgehead atoms. The van der Waals surface area contributed by atoms with Gasteiger partial charge in [0.15, 0.2) is 17.0 Å². The molecule has 3 fully saturated rings. The summed E-state index contributed by atoms with van der Waals surface area (Å²) >= 11 is 0. The van der Waals surface area contributed by atoms with Crippen molar-refractivity contribution >= 4 is 17.0 Å². The highest BCUT2D eigenvalue weighted by atomic mass is 16.5.